The highest BCUT2D eigenvalue weighted by Crippen LogP contribution is 2.37. The molecule has 2 rings (SSSR count). The topological polar surface area (TPSA) is 76.7 Å². The molecule has 7 heteroatoms. The van der Waals surface area contributed by atoms with E-state index < -0.39 is 0 Å². The Balaban J connectivity index is 2.18. The third-order valence-corrected chi connectivity index (χ3v) is 3.97. The minimum absolute atomic E-state index is 0.193. The number of nitrogens with one attached hydrogen (secondary N) is 2. The number of carbonyl (C=O) groups excluding carboxylic acids is 2. The van der Waals surface area contributed by atoms with Gasteiger partial charge in [0.15, 0.2) is 11.5 Å². The van der Waals surface area contributed by atoms with E-state index in [1.54, 1.807) is 37.4 Å². The van der Waals surface area contributed by atoms with Gasteiger partial charge in [-0.1, -0.05) is 25.4 Å². The minimum atomic E-state index is -0.349. The standard InChI is InChI=1S/C20H23ClN2O4/c1-12(2)11-27-18-16(21)9-14(10-17(18)26-4)20(25)23-15-7-5-13(6-8-15)19(24)22-3/h5-10,12H,11H2,1-4H3,(H,22,24)(H,23,25). The fourth-order valence-corrected chi connectivity index (χ4v) is 2.56. The molecule has 0 aliphatic heterocycles. The SMILES string of the molecule is CNC(=O)c1ccc(NC(=O)c2cc(Cl)c(OCC(C)C)c(OC)c2)cc1. The second-order valence-corrected chi connectivity index (χ2v) is 6.71. The van der Waals surface area contributed by atoms with Gasteiger partial charge in [0.25, 0.3) is 11.8 Å². The van der Waals surface area contributed by atoms with Crippen molar-refractivity contribution in [1.29, 1.82) is 0 Å². The maximum atomic E-state index is 12.5. The summed E-state index contributed by atoms with van der Waals surface area (Å²) in [4.78, 5) is 24.1. The van der Waals surface area contributed by atoms with Crippen LogP contribution >= 0.6 is 11.6 Å². The zero-order valence-corrected chi connectivity index (χ0v) is 16.5. The largest absolute Gasteiger partial charge is 0.493 e. The van der Waals surface area contributed by atoms with E-state index in [1.807, 2.05) is 13.8 Å². The highest BCUT2D eigenvalue weighted by Gasteiger charge is 2.17. The smallest absolute Gasteiger partial charge is 0.255 e. The molecular formula is C20H23ClN2O4. The summed E-state index contributed by atoms with van der Waals surface area (Å²) < 4.78 is 11.0. The van der Waals surface area contributed by atoms with Gasteiger partial charge in [-0.3, -0.25) is 9.59 Å². The lowest BCUT2D eigenvalue weighted by molar-refractivity contribution is 0.0962. The van der Waals surface area contributed by atoms with Crippen LogP contribution in [0.5, 0.6) is 11.5 Å². The molecule has 0 saturated carbocycles. The van der Waals surface area contributed by atoms with E-state index >= 15 is 0 Å². The fraction of sp³-hybridized carbons (Fsp3) is 0.300. The first kappa shape index (κ1) is 20.6. The molecule has 0 saturated heterocycles. The van der Waals surface area contributed by atoms with E-state index in [4.69, 9.17) is 21.1 Å². The summed E-state index contributed by atoms with van der Waals surface area (Å²) in [6.45, 7) is 4.54. The van der Waals surface area contributed by atoms with Crippen molar-refractivity contribution in [2.24, 2.45) is 5.92 Å². The van der Waals surface area contributed by atoms with Crippen molar-refractivity contribution in [3.8, 4) is 11.5 Å². The lowest BCUT2D eigenvalue weighted by Gasteiger charge is -2.15. The van der Waals surface area contributed by atoms with Gasteiger partial charge in [0.05, 0.1) is 18.7 Å². The summed E-state index contributed by atoms with van der Waals surface area (Å²) in [5, 5.41) is 5.61. The molecule has 0 atom stereocenters. The highest BCUT2D eigenvalue weighted by molar-refractivity contribution is 6.32. The number of hydrogen-bond donors (Lipinski definition) is 2. The summed E-state index contributed by atoms with van der Waals surface area (Å²) in [7, 11) is 3.05. The average molecular weight is 391 g/mol. The van der Waals surface area contributed by atoms with Gasteiger partial charge in [-0.25, -0.2) is 0 Å². The molecule has 2 aromatic rings. The first-order valence-electron chi connectivity index (χ1n) is 8.49. The number of benzene rings is 2. The third kappa shape index (κ3) is 5.37. The maximum absolute atomic E-state index is 12.5. The molecule has 0 fully saturated rings. The number of carbonyl (C=O) groups is 2. The van der Waals surface area contributed by atoms with Crippen molar-refractivity contribution < 1.29 is 19.1 Å². The van der Waals surface area contributed by atoms with Crippen molar-refractivity contribution in [2.75, 3.05) is 26.1 Å². The molecule has 144 valence electrons. The molecule has 2 amide bonds. The van der Waals surface area contributed by atoms with Crippen LogP contribution < -0.4 is 20.1 Å². The van der Waals surface area contributed by atoms with Crippen molar-refractivity contribution in [3.63, 3.8) is 0 Å². The van der Waals surface area contributed by atoms with Crippen LogP contribution in [0.15, 0.2) is 36.4 Å². The minimum Gasteiger partial charge on any atom is -0.493 e. The van der Waals surface area contributed by atoms with E-state index in [9.17, 15) is 9.59 Å². The highest BCUT2D eigenvalue weighted by atomic mass is 35.5. The quantitative estimate of drug-likeness (QED) is 0.749. The second-order valence-electron chi connectivity index (χ2n) is 6.30. The van der Waals surface area contributed by atoms with Crippen LogP contribution in [0.3, 0.4) is 0 Å². The van der Waals surface area contributed by atoms with Gasteiger partial charge >= 0.3 is 0 Å². The molecule has 2 aromatic carbocycles. The van der Waals surface area contributed by atoms with Crippen molar-refractivity contribution in [1.82, 2.24) is 5.32 Å². The normalized spacial score (nSPS) is 10.4. The first-order chi connectivity index (χ1) is 12.8. The number of ether oxygens (including phenoxy) is 2. The van der Waals surface area contributed by atoms with Crippen LogP contribution in [-0.4, -0.2) is 32.6 Å². The molecule has 27 heavy (non-hydrogen) atoms. The van der Waals surface area contributed by atoms with E-state index in [2.05, 4.69) is 10.6 Å². The fourth-order valence-electron chi connectivity index (χ4n) is 2.29. The van der Waals surface area contributed by atoms with Crippen molar-refractivity contribution in [2.45, 2.75) is 13.8 Å². The lowest BCUT2D eigenvalue weighted by atomic mass is 10.1. The Morgan fingerprint density at radius 3 is 2.30 bits per heavy atom. The van der Waals surface area contributed by atoms with Crippen molar-refractivity contribution in [3.05, 3.63) is 52.5 Å². The lowest BCUT2D eigenvalue weighted by Crippen LogP contribution is -2.18. The van der Waals surface area contributed by atoms with Gasteiger partial charge in [0.1, 0.15) is 0 Å². The average Bonchev–Trinajstić information content (AvgIpc) is 2.66. The molecule has 0 aromatic heterocycles. The van der Waals surface area contributed by atoms with E-state index in [-0.39, 0.29) is 11.8 Å². The Bertz CT molecular complexity index is 819. The second kappa shape index (κ2) is 9.28. The molecule has 0 radical (unpaired) electrons. The van der Waals surface area contributed by atoms with Gasteiger partial charge in [-0.2, -0.15) is 0 Å². The molecule has 6 nitrogen and oxygen atoms in total. The van der Waals surface area contributed by atoms with E-state index in [0.717, 1.165) is 0 Å². The van der Waals surface area contributed by atoms with Crippen molar-refractivity contribution >= 4 is 29.1 Å². The third-order valence-electron chi connectivity index (χ3n) is 3.68. The summed E-state index contributed by atoms with van der Waals surface area (Å²) in [5.74, 6) is 0.591. The first-order valence-corrected chi connectivity index (χ1v) is 8.87. The monoisotopic (exact) mass is 390 g/mol. The van der Waals surface area contributed by atoms with Gasteiger partial charge in [0.2, 0.25) is 0 Å². The Morgan fingerprint density at radius 2 is 1.74 bits per heavy atom. The molecule has 2 N–H and O–H groups in total. The van der Waals surface area contributed by atoms with Crippen LogP contribution in [0.1, 0.15) is 34.6 Å². The Morgan fingerprint density at radius 1 is 1.07 bits per heavy atom. The molecule has 0 heterocycles. The van der Waals surface area contributed by atoms with Crippen LogP contribution in [0.4, 0.5) is 5.69 Å². The van der Waals surface area contributed by atoms with Crippen LogP contribution in [0.25, 0.3) is 0 Å². The number of anilines is 1. The summed E-state index contributed by atoms with van der Waals surface area (Å²) >= 11 is 6.29. The molecule has 0 bridgehead atoms. The zero-order chi connectivity index (χ0) is 20.0. The van der Waals surface area contributed by atoms with Crippen LogP contribution in [-0.2, 0) is 0 Å². The van der Waals surface area contributed by atoms with Gasteiger partial charge in [-0.15, -0.1) is 0 Å². The Hall–Kier alpha value is -2.73. The predicted octanol–water partition coefficient (Wildman–Crippen LogP) is 4.00. The number of hydrogen-bond acceptors (Lipinski definition) is 4. The summed E-state index contributed by atoms with van der Waals surface area (Å²) in [6, 6.07) is 9.68. The van der Waals surface area contributed by atoms with E-state index in [1.165, 1.54) is 13.2 Å². The number of amides is 2. The van der Waals surface area contributed by atoms with E-state index in [0.29, 0.717) is 45.9 Å². The Kier molecular flexibility index (Phi) is 7.07. The molecule has 0 unspecified atom stereocenters. The number of rotatable bonds is 7. The summed E-state index contributed by atoms with van der Waals surface area (Å²) in [6.07, 6.45) is 0. The van der Waals surface area contributed by atoms with Gasteiger partial charge in [-0.05, 0) is 42.3 Å². The number of halogens is 1. The molecule has 0 spiro atoms. The Labute approximate surface area is 163 Å². The maximum Gasteiger partial charge on any atom is 0.255 e. The molecular weight excluding hydrogens is 368 g/mol. The summed E-state index contributed by atoms with van der Waals surface area (Å²) in [5.41, 5.74) is 1.40. The molecule has 0 aliphatic carbocycles. The van der Waals surface area contributed by atoms with Crippen LogP contribution in [0, 0.1) is 5.92 Å². The van der Waals surface area contributed by atoms with Gasteiger partial charge in [0, 0.05) is 23.9 Å². The van der Waals surface area contributed by atoms with Crippen LogP contribution in [0.2, 0.25) is 5.02 Å². The number of methoxy groups -OCH3 is 1. The molecule has 0 aliphatic rings. The van der Waals surface area contributed by atoms with Gasteiger partial charge < -0.3 is 20.1 Å². The zero-order valence-electron chi connectivity index (χ0n) is 15.8. The predicted molar refractivity (Wildman–Crippen MR) is 106 cm³/mol.